The minimum atomic E-state index is -3.78. The first-order valence-electron chi connectivity index (χ1n) is 5.95. The molecule has 0 radical (unpaired) electrons. The van der Waals surface area contributed by atoms with E-state index in [4.69, 9.17) is 4.42 Å². The molecule has 6 heteroatoms. The van der Waals surface area contributed by atoms with E-state index in [0.717, 1.165) is 25.3 Å². The van der Waals surface area contributed by atoms with Crippen molar-refractivity contribution in [2.75, 3.05) is 5.75 Å². The summed E-state index contributed by atoms with van der Waals surface area (Å²) in [6.07, 6.45) is 3.21. The zero-order valence-corrected chi connectivity index (χ0v) is 11.4. The number of hydrogen-bond acceptors (Lipinski definition) is 5. The minimum Gasteiger partial charge on any atom is -0.506 e. The zero-order valence-electron chi connectivity index (χ0n) is 10.6. The Bertz CT molecular complexity index is 556. The van der Waals surface area contributed by atoms with E-state index in [1.807, 2.05) is 6.92 Å². The van der Waals surface area contributed by atoms with Gasteiger partial charge in [0.05, 0.1) is 5.75 Å². The Morgan fingerprint density at radius 3 is 2.50 bits per heavy atom. The summed E-state index contributed by atoms with van der Waals surface area (Å²) < 4.78 is 28.6. The van der Waals surface area contributed by atoms with Gasteiger partial charge in [-0.15, -0.1) is 0 Å². The molecule has 18 heavy (non-hydrogen) atoms. The van der Waals surface area contributed by atoms with Crippen molar-refractivity contribution < 1.29 is 17.9 Å². The first-order valence-corrected chi connectivity index (χ1v) is 7.60. The summed E-state index contributed by atoms with van der Waals surface area (Å²) in [5, 5.41) is 9.57. The van der Waals surface area contributed by atoms with Gasteiger partial charge in [0, 0.05) is 6.07 Å². The Morgan fingerprint density at radius 2 is 1.94 bits per heavy atom. The van der Waals surface area contributed by atoms with Crippen molar-refractivity contribution in [2.24, 2.45) is 0 Å². The second-order valence-electron chi connectivity index (χ2n) is 4.24. The Hall–Kier alpha value is -1.30. The SMILES string of the molecule is CCCCCCS(=O)(=O)c1c(O)cc(C)oc1=O. The number of unbranched alkanes of at least 4 members (excludes halogenated alkanes) is 3. The molecule has 0 atom stereocenters. The summed E-state index contributed by atoms with van der Waals surface area (Å²) in [5.74, 6) is -0.490. The fraction of sp³-hybridized carbons (Fsp3) is 0.583. The lowest BCUT2D eigenvalue weighted by molar-refractivity contribution is 0.407. The van der Waals surface area contributed by atoms with Gasteiger partial charge in [-0.2, -0.15) is 0 Å². The van der Waals surface area contributed by atoms with E-state index in [1.165, 1.54) is 6.92 Å². The molecular weight excluding hydrogens is 256 g/mol. The summed E-state index contributed by atoms with van der Waals surface area (Å²) in [4.78, 5) is 10.9. The highest BCUT2D eigenvalue weighted by Crippen LogP contribution is 2.21. The van der Waals surface area contributed by atoms with Crippen LogP contribution in [0, 0.1) is 6.92 Å². The summed E-state index contributed by atoms with van der Waals surface area (Å²) in [6.45, 7) is 3.49. The van der Waals surface area contributed by atoms with Crippen LogP contribution in [-0.4, -0.2) is 19.3 Å². The van der Waals surface area contributed by atoms with Gasteiger partial charge in [-0.1, -0.05) is 26.2 Å². The van der Waals surface area contributed by atoms with Crippen LogP contribution in [0.15, 0.2) is 20.2 Å². The summed E-state index contributed by atoms with van der Waals surface area (Å²) in [6, 6.07) is 1.14. The molecule has 0 aliphatic rings. The highest BCUT2D eigenvalue weighted by Gasteiger charge is 2.24. The number of sulfone groups is 1. The van der Waals surface area contributed by atoms with Gasteiger partial charge in [-0.05, 0) is 13.3 Å². The first kappa shape index (κ1) is 14.8. The number of aryl methyl sites for hydroxylation is 1. The summed E-state index contributed by atoms with van der Waals surface area (Å²) in [7, 11) is -3.78. The molecule has 1 heterocycles. The van der Waals surface area contributed by atoms with Crippen molar-refractivity contribution in [3.8, 4) is 5.75 Å². The molecular formula is C12H18O5S. The van der Waals surface area contributed by atoms with Crippen molar-refractivity contribution in [1.29, 1.82) is 0 Å². The molecule has 0 unspecified atom stereocenters. The molecule has 102 valence electrons. The molecule has 0 aliphatic carbocycles. The van der Waals surface area contributed by atoms with Gasteiger partial charge in [0.1, 0.15) is 11.5 Å². The lowest BCUT2D eigenvalue weighted by atomic mass is 10.2. The van der Waals surface area contributed by atoms with Gasteiger partial charge in [0.25, 0.3) is 0 Å². The van der Waals surface area contributed by atoms with Crippen LogP contribution >= 0.6 is 0 Å². The summed E-state index contributed by atoms with van der Waals surface area (Å²) >= 11 is 0. The van der Waals surface area contributed by atoms with Crippen LogP contribution in [0.2, 0.25) is 0 Å². The predicted octanol–water partition coefficient (Wildman–Crippen LogP) is 2.01. The maximum atomic E-state index is 11.9. The van der Waals surface area contributed by atoms with Crippen LogP contribution in [0.5, 0.6) is 5.75 Å². The first-order chi connectivity index (χ1) is 8.38. The molecule has 1 aromatic rings. The molecule has 1 N–H and O–H groups in total. The number of hydrogen-bond donors (Lipinski definition) is 1. The summed E-state index contributed by atoms with van der Waals surface area (Å²) in [5.41, 5.74) is -0.997. The Labute approximate surface area is 106 Å². The van der Waals surface area contributed by atoms with E-state index < -0.39 is 26.1 Å². The smallest absolute Gasteiger partial charge is 0.358 e. The van der Waals surface area contributed by atoms with Gasteiger partial charge >= 0.3 is 5.63 Å². The van der Waals surface area contributed by atoms with Crippen molar-refractivity contribution in [1.82, 2.24) is 0 Å². The molecule has 0 aromatic carbocycles. The average molecular weight is 274 g/mol. The fourth-order valence-corrected chi connectivity index (χ4v) is 3.15. The maximum absolute atomic E-state index is 11.9. The second-order valence-corrected chi connectivity index (χ2v) is 6.28. The maximum Gasteiger partial charge on any atom is 0.358 e. The van der Waals surface area contributed by atoms with Crippen LogP contribution < -0.4 is 5.63 Å². The third-order valence-corrected chi connectivity index (χ3v) is 4.41. The van der Waals surface area contributed by atoms with E-state index in [9.17, 15) is 18.3 Å². The Balaban J connectivity index is 2.96. The average Bonchev–Trinajstić information content (AvgIpc) is 2.22. The van der Waals surface area contributed by atoms with Crippen LogP contribution in [-0.2, 0) is 9.84 Å². The lowest BCUT2D eigenvalue weighted by Crippen LogP contribution is -2.17. The molecule has 0 bridgehead atoms. The lowest BCUT2D eigenvalue weighted by Gasteiger charge is -2.05. The number of rotatable bonds is 6. The van der Waals surface area contributed by atoms with Crippen molar-refractivity contribution in [3.05, 3.63) is 22.2 Å². The topological polar surface area (TPSA) is 84.6 Å². The Kier molecular flexibility index (Phi) is 4.95. The monoisotopic (exact) mass is 274 g/mol. The van der Waals surface area contributed by atoms with E-state index in [1.54, 1.807) is 0 Å². The van der Waals surface area contributed by atoms with Gasteiger partial charge < -0.3 is 9.52 Å². The zero-order chi connectivity index (χ0) is 13.8. The second kappa shape index (κ2) is 6.04. The Morgan fingerprint density at radius 1 is 1.28 bits per heavy atom. The predicted molar refractivity (Wildman–Crippen MR) is 67.6 cm³/mol. The van der Waals surface area contributed by atoms with E-state index in [-0.39, 0.29) is 11.5 Å². The molecule has 0 amide bonds. The van der Waals surface area contributed by atoms with Gasteiger partial charge in [-0.25, -0.2) is 13.2 Å². The minimum absolute atomic E-state index is 0.144. The van der Waals surface area contributed by atoms with Crippen LogP contribution in [0.4, 0.5) is 0 Å². The van der Waals surface area contributed by atoms with Crippen molar-refractivity contribution in [3.63, 3.8) is 0 Å². The molecule has 0 saturated carbocycles. The molecule has 0 saturated heterocycles. The molecule has 1 rings (SSSR count). The largest absolute Gasteiger partial charge is 0.506 e. The highest BCUT2D eigenvalue weighted by atomic mass is 32.2. The molecule has 0 fully saturated rings. The van der Waals surface area contributed by atoms with Crippen molar-refractivity contribution >= 4 is 9.84 Å². The highest BCUT2D eigenvalue weighted by molar-refractivity contribution is 7.91. The fourth-order valence-electron chi connectivity index (χ4n) is 1.69. The van der Waals surface area contributed by atoms with Gasteiger partial charge in [-0.3, -0.25) is 0 Å². The van der Waals surface area contributed by atoms with Crippen molar-refractivity contribution in [2.45, 2.75) is 44.4 Å². The van der Waals surface area contributed by atoms with Gasteiger partial charge in [0.15, 0.2) is 14.7 Å². The standard InChI is InChI=1S/C12H18O5S/c1-3-4-5-6-7-18(15,16)11-10(13)8-9(2)17-12(11)14/h8,13H,3-7H2,1-2H3. The molecule has 1 aromatic heterocycles. The van der Waals surface area contributed by atoms with Crippen LogP contribution in [0.1, 0.15) is 38.4 Å². The van der Waals surface area contributed by atoms with E-state index in [2.05, 4.69) is 0 Å². The normalized spacial score (nSPS) is 11.7. The van der Waals surface area contributed by atoms with Crippen LogP contribution in [0.3, 0.4) is 0 Å². The molecule has 0 spiro atoms. The van der Waals surface area contributed by atoms with Gasteiger partial charge in [0.2, 0.25) is 0 Å². The third-order valence-electron chi connectivity index (χ3n) is 2.59. The molecule has 5 nitrogen and oxygen atoms in total. The third kappa shape index (κ3) is 3.60. The number of aromatic hydroxyl groups is 1. The van der Waals surface area contributed by atoms with Crippen LogP contribution in [0.25, 0.3) is 0 Å². The van der Waals surface area contributed by atoms with E-state index >= 15 is 0 Å². The molecule has 0 aliphatic heterocycles. The van der Waals surface area contributed by atoms with E-state index in [0.29, 0.717) is 6.42 Å². The quantitative estimate of drug-likeness (QED) is 0.802.